The molecule has 30 heavy (non-hydrogen) atoms. The lowest BCUT2D eigenvalue weighted by Crippen LogP contribution is -2.35. The summed E-state index contributed by atoms with van der Waals surface area (Å²) in [6.45, 7) is 11.9. The Hall–Kier alpha value is -1.72. The van der Waals surface area contributed by atoms with Gasteiger partial charge < -0.3 is 10.2 Å². The van der Waals surface area contributed by atoms with Gasteiger partial charge in [-0.2, -0.15) is 0 Å². The summed E-state index contributed by atoms with van der Waals surface area (Å²) < 4.78 is 0. The van der Waals surface area contributed by atoms with E-state index in [1.165, 1.54) is 28.2 Å². The number of thiophene rings is 1. The van der Waals surface area contributed by atoms with Crippen molar-refractivity contribution in [3.05, 3.63) is 43.7 Å². The van der Waals surface area contributed by atoms with E-state index in [1.54, 1.807) is 0 Å². The maximum Gasteiger partial charge on any atom is 0.255 e. The number of nitrogens with one attached hydrogen (secondary N) is 1. The Morgan fingerprint density at radius 2 is 1.93 bits per heavy atom. The Morgan fingerprint density at radius 3 is 2.63 bits per heavy atom. The van der Waals surface area contributed by atoms with Crippen LogP contribution in [0.3, 0.4) is 0 Å². The van der Waals surface area contributed by atoms with Crippen LogP contribution in [0.1, 0.15) is 78.0 Å². The highest BCUT2D eigenvalue weighted by atomic mass is 32.1. The van der Waals surface area contributed by atoms with E-state index in [9.17, 15) is 9.59 Å². The summed E-state index contributed by atoms with van der Waals surface area (Å²) in [6.07, 6.45) is 6.94. The molecule has 1 fully saturated rings. The quantitative estimate of drug-likeness (QED) is 0.753. The first-order valence-corrected chi connectivity index (χ1v) is 12.2. The maximum absolute atomic E-state index is 13.6. The van der Waals surface area contributed by atoms with E-state index in [1.807, 2.05) is 30.1 Å². The van der Waals surface area contributed by atoms with Crippen molar-refractivity contribution >= 4 is 23.0 Å². The molecule has 162 valence electrons. The average molecular weight is 427 g/mol. The number of rotatable bonds is 4. The van der Waals surface area contributed by atoms with Crippen LogP contribution >= 0.6 is 11.3 Å². The third kappa shape index (κ3) is 4.06. The van der Waals surface area contributed by atoms with Crippen LogP contribution in [0.2, 0.25) is 0 Å². The minimum absolute atomic E-state index is 0.124. The smallest absolute Gasteiger partial charge is 0.255 e. The maximum atomic E-state index is 13.6. The summed E-state index contributed by atoms with van der Waals surface area (Å²) >= 11 is 1.87. The van der Waals surface area contributed by atoms with Crippen molar-refractivity contribution in [1.82, 2.24) is 10.2 Å². The second kappa shape index (κ2) is 8.80. The second-order valence-corrected chi connectivity index (χ2v) is 10.5. The minimum atomic E-state index is 0.124. The molecule has 0 saturated carbocycles. The molecule has 0 radical (unpaired) electrons. The van der Waals surface area contributed by atoms with Crippen LogP contribution in [0.25, 0.3) is 0 Å². The number of ketones is 1. The molecule has 4 rings (SSSR count). The molecule has 4 nitrogen and oxygen atoms in total. The van der Waals surface area contributed by atoms with Crippen LogP contribution in [0, 0.1) is 12.8 Å². The standard InChI is InChI=1S/C25H34N2O2S/c1-15-12-16(2)20(21(28)13-15)14-27-11-5-6-22-23(25(27)29)18(4)24(30-22)17(3)19-7-9-26-10-8-19/h12,17,19,26H,5-11,13-14H2,1-4H3/t17-/m1/s1. The summed E-state index contributed by atoms with van der Waals surface area (Å²) in [5.41, 5.74) is 5.06. The van der Waals surface area contributed by atoms with Gasteiger partial charge in [0.25, 0.3) is 5.91 Å². The number of carbonyl (C=O) groups excluding carboxylic acids is 2. The molecule has 1 aliphatic carbocycles. The normalized spacial score (nSPS) is 22.1. The van der Waals surface area contributed by atoms with Gasteiger partial charge >= 0.3 is 0 Å². The molecule has 3 aliphatic rings. The number of fused-ring (bicyclic) bond motifs is 1. The van der Waals surface area contributed by atoms with Gasteiger partial charge in [-0.1, -0.05) is 18.6 Å². The highest BCUT2D eigenvalue weighted by molar-refractivity contribution is 7.12. The summed E-state index contributed by atoms with van der Waals surface area (Å²) in [4.78, 5) is 30.8. The van der Waals surface area contributed by atoms with E-state index in [-0.39, 0.29) is 11.7 Å². The first-order chi connectivity index (χ1) is 14.4. The van der Waals surface area contributed by atoms with Crippen molar-refractivity contribution in [2.24, 2.45) is 5.92 Å². The lowest BCUT2D eigenvalue weighted by atomic mass is 9.83. The van der Waals surface area contributed by atoms with Gasteiger partial charge in [-0.3, -0.25) is 9.59 Å². The largest absolute Gasteiger partial charge is 0.334 e. The average Bonchev–Trinajstić information content (AvgIpc) is 2.95. The molecule has 0 aromatic carbocycles. The van der Waals surface area contributed by atoms with E-state index in [0.717, 1.165) is 54.8 Å². The fourth-order valence-electron chi connectivity index (χ4n) is 5.37. The van der Waals surface area contributed by atoms with Crippen molar-refractivity contribution in [1.29, 1.82) is 0 Å². The van der Waals surface area contributed by atoms with Gasteiger partial charge in [-0.25, -0.2) is 0 Å². The van der Waals surface area contributed by atoms with Gasteiger partial charge in [-0.05, 0) is 82.5 Å². The fraction of sp³-hybridized carbons (Fsp3) is 0.600. The van der Waals surface area contributed by atoms with Crippen LogP contribution in [0.4, 0.5) is 0 Å². The van der Waals surface area contributed by atoms with Gasteiger partial charge in [0.2, 0.25) is 0 Å². The first kappa shape index (κ1) is 21.5. The molecule has 3 heterocycles. The van der Waals surface area contributed by atoms with E-state index in [4.69, 9.17) is 0 Å². The Balaban J connectivity index is 1.60. The number of allylic oxidation sites excluding steroid dienone is 3. The molecule has 5 heteroatoms. The molecule has 1 atom stereocenters. The minimum Gasteiger partial charge on any atom is -0.334 e. The first-order valence-electron chi connectivity index (χ1n) is 11.4. The number of hydrogen-bond donors (Lipinski definition) is 1. The molecule has 1 aromatic rings. The van der Waals surface area contributed by atoms with Crippen LogP contribution in [0.5, 0.6) is 0 Å². The van der Waals surface area contributed by atoms with Gasteiger partial charge in [0.15, 0.2) is 5.78 Å². The van der Waals surface area contributed by atoms with Gasteiger partial charge in [0.1, 0.15) is 0 Å². The second-order valence-electron chi connectivity index (χ2n) is 9.35. The topological polar surface area (TPSA) is 49.4 Å². The van der Waals surface area contributed by atoms with E-state index in [2.05, 4.69) is 25.2 Å². The molecular weight excluding hydrogens is 392 g/mol. The summed E-state index contributed by atoms with van der Waals surface area (Å²) in [6, 6.07) is 0. The summed E-state index contributed by atoms with van der Waals surface area (Å²) in [7, 11) is 0. The van der Waals surface area contributed by atoms with E-state index < -0.39 is 0 Å². The third-order valence-electron chi connectivity index (χ3n) is 7.16. The monoisotopic (exact) mass is 426 g/mol. The van der Waals surface area contributed by atoms with E-state index >= 15 is 0 Å². The third-order valence-corrected chi connectivity index (χ3v) is 8.71. The van der Waals surface area contributed by atoms with Gasteiger partial charge in [-0.15, -0.1) is 11.3 Å². The number of Topliss-reactive ketones (excluding diaryl/α,β-unsaturated/α-hetero) is 1. The summed E-state index contributed by atoms with van der Waals surface area (Å²) in [5.74, 6) is 1.50. The lowest BCUT2D eigenvalue weighted by Gasteiger charge is -2.28. The molecule has 0 unspecified atom stereocenters. The molecule has 1 aromatic heterocycles. The summed E-state index contributed by atoms with van der Waals surface area (Å²) in [5, 5.41) is 3.46. The van der Waals surface area contributed by atoms with Crippen LogP contribution in [0.15, 0.2) is 22.8 Å². The molecule has 0 bridgehead atoms. The molecule has 2 aliphatic heterocycles. The molecule has 1 amide bonds. The van der Waals surface area contributed by atoms with Crippen LogP contribution in [-0.4, -0.2) is 42.8 Å². The molecular formula is C25H34N2O2S. The zero-order chi connectivity index (χ0) is 21.4. The van der Waals surface area contributed by atoms with Crippen molar-refractivity contribution in [3.63, 3.8) is 0 Å². The molecule has 1 N–H and O–H groups in total. The number of piperidine rings is 1. The predicted molar refractivity (Wildman–Crippen MR) is 123 cm³/mol. The Morgan fingerprint density at radius 1 is 1.20 bits per heavy atom. The fourth-order valence-corrected chi connectivity index (χ4v) is 6.86. The number of aryl methyl sites for hydroxylation is 1. The molecule has 1 saturated heterocycles. The Labute approximate surface area is 184 Å². The number of amides is 1. The highest BCUT2D eigenvalue weighted by Crippen LogP contribution is 2.41. The Bertz CT molecular complexity index is 918. The predicted octanol–water partition coefficient (Wildman–Crippen LogP) is 4.78. The SMILES string of the molecule is CC1=CC(C)=C(CN2CCCc3sc([C@H](C)C4CCNCC4)c(C)c3C2=O)C(=O)C1. The van der Waals surface area contributed by atoms with Crippen LogP contribution in [-0.2, 0) is 11.2 Å². The number of nitrogens with zero attached hydrogens (tertiary/aromatic N) is 1. The van der Waals surface area contributed by atoms with Crippen molar-refractivity contribution in [2.75, 3.05) is 26.2 Å². The van der Waals surface area contributed by atoms with Crippen molar-refractivity contribution < 1.29 is 9.59 Å². The van der Waals surface area contributed by atoms with Gasteiger partial charge in [0, 0.05) is 34.8 Å². The van der Waals surface area contributed by atoms with Gasteiger partial charge in [0.05, 0.1) is 5.56 Å². The number of carbonyl (C=O) groups is 2. The van der Waals surface area contributed by atoms with E-state index in [0.29, 0.717) is 24.8 Å². The molecule has 0 spiro atoms. The zero-order valence-electron chi connectivity index (χ0n) is 18.8. The number of hydrogen-bond acceptors (Lipinski definition) is 4. The van der Waals surface area contributed by atoms with Crippen molar-refractivity contribution in [3.8, 4) is 0 Å². The zero-order valence-corrected chi connectivity index (χ0v) is 19.6. The lowest BCUT2D eigenvalue weighted by molar-refractivity contribution is -0.115. The highest BCUT2D eigenvalue weighted by Gasteiger charge is 2.32. The Kier molecular flexibility index (Phi) is 6.31. The van der Waals surface area contributed by atoms with Crippen molar-refractivity contribution in [2.45, 2.75) is 65.7 Å². The van der Waals surface area contributed by atoms with Crippen LogP contribution < -0.4 is 5.32 Å².